The van der Waals surface area contributed by atoms with Crippen LogP contribution in [0.15, 0.2) is 23.4 Å². The fraction of sp³-hybridized carbons (Fsp3) is 0.643. The third kappa shape index (κ3) is 6.13. The van der Waals surface area contributed by atoms with E-state index in [-0.39, 0.29) is 0 Å². The zero-order valence-electron chi connectivity index (χ0n) is 11.8. The Bertz CT molecular complexity index is 379. The lowest BCUT2D eigenvalue weighted by atomic mass is 10.2. The molecule has 1 rings (SSSR count). The van der Waals surface area contributed by atoms with Crippen LogP contribution in [0.4, 0.5) is 13.2 Å². The summed E-state index contributed by atoms with van der Waals surface area (Å²) in [5, 5.41) is 4.08. The zero-order chi connectivity index (χ0) is 15.0. The van der Waals surface area contributed by atoms with Crippen molar-refractivity contribution in [3.63, 3.8) is 0 Å². The van der Waals surface area contributed by atoms with Crippen molar-refractivity contribution in [2.45, 2.75) is 50.4 Å². The van der Waals surface area contributed by atoms with E-state index >= 15 is 0 Å². The average molecular weight is 306 g/mol. The van der Waals surface area contributed by atoms with Gasteiger partial charge in [-0.05, 0) is 31.5 Å². The molecule has 0 spiro atoms. The Kier molecular flexibility index (Phi) is 7.37. The van der Waals surface area contributed by atoms with Crippen molar-refractivity contribution in [3.8, 4) is 0 Å². The number of nitrogens with zero attached hydrogens (tertiary/aromatic N) is 1. The summed E-state index contributed by atoms with van der Waals surface area (Å²) in [5.74, 6) is 0.826. The minimum Gasteiger partial charge on any atom is -0.313 e. The van der Waals surface area contributed by atoms with Gasteiger partial charge in [0.15, 0.2) is 0 Å². The molecule has 1 unspecified atom stereocenters. The summed E-state index contributed by atoms with van der Waals surface area (Å²) in [4.78, 5) is 3.87. The predicted octanol–water partition coefficient (Wildman–Crippen LogP) is 4.36. The van der Waals surface area contributed by atoms with Gasteiger partial charge in [-0.3, -0.25) is 0 Å². The van der Waals surface area contributed by atoms with Crippen molar-refractivity contribution in [3.05, 3.63) is 23.9 Å². The van der Waals surface area contributed by atoms with E-state index in [0.29, 0.717) is 11.1 Å². The Balaban J connectivity index is 2.51. The highest BCUT2D eigenvalue weighted by Gasteiger charge is 2.30. The van der Waals surface area contributed by atoms with Gasteiger partial charge in [-0.2, -0.15) is 13.2 Å². The number of hydrogen-bond acceptors (Lipinski definition) is 3. The van der Waals surface area contributed by atoms with Crippen LogP contribution in [-0.4, -0.2) is 23.3 Å². The van der Waals surface area contributed by atoms with Crippen LogP contribution >= 0.6 is 11.8 Å². The molecule has 1 atom stereocenters. The van der Waals surface area contributed by atoms with Gasteiger partial charge in [-0.1, -0.05) is 20.3 Å². The monoisotopic (exact) mass is 306 g/mol. The first-order valence-corrected chi connectivity index (χ1v) is 7.85. The van der Waals surface area contributed by atoms with Crippen LogP contribution in [0.3, 0.4) is 0 Å². The maximum Gasteiger partial charge on any atom is 0.417 e. The molecule has 114 valence electrons. The molecule has 6 heteroatoms. The second-order valence-electron chi connectivity index (χ2n) is 4.63. The van der Waals surface area contributed by atoms with E-state index < -0.39 is 11.7 Å². The Labute approximate surface area is 122 Å². The van der Waals surface area contributed by atoms with Gasteiger partial charge in [0.1, 0.15) is 0 Å². The molecule has 1 N–H and O–H groups in total. The van der Waals surface area contributed by atoms with Gasteiger partial charge in [0.2, 0.25) is 0 Å². The van der Waals surface area contributed by atoms with Gasteiger partial charge in [-0.15, -0.1) is 11.8 Å². The molecule has 20 heavy (non-hydrogen) atoms. The highest BCUT2D eigenvalue weighted by atomic mass is 32.2. The molecule has 0 aliphatic rings. The first kappa shape index (κ1) is 17.3. The summed E-state index contributed by atoms with van der Waals surface area (Å²) in [5.41, 5.74) is -0.698. The highest BCUT2D eigenvalue weighted by molar-refractivity contribution is 7.99. The fourth-order valence-corrected chi connectivity index (χ4v) is 2.71. The number of thioether (sulfide) groups is 1. The largest absolute Gasteiger partial charge is 0.417 e. The van der Waals surface area contributed by atoms with E-state index in [4.69, 9.17) is 0 Å². The number of halogens is 3. The lowest BCUT2D eigenvalue weighted by molar-refractivity contribution is -0.137. The third-order valence-electron chi connectivity index (χ3n) is 2.82. The van der Waals surface area contributed by atoms with Crippen molar-refractivity contribution < 1.29 is 13.2 Å². The first-order chi connectivity index (χ1) is 9.47. The zero-order valence-corrected chi connectivity index (χ0v) is 12.7. The molecule has 0 aromatic carbocycles. The number of aromatic nitrogens is 1. The second-order valence-corrected chi connectivity index (χ2v) is 5.67. The molecule has 1 aromatic rings. The topological polar surface area (TPSA) is 24.9 Å². The summed E-state index contributed by atoms with van der Waals surface area (Å²) in [6, 6.07) is 2.91. The van der Waals surface area contributed by atoms with Crippen LogP contribution in [0.25, 0.3) is 0 Å². The van der Waals surface area contributed by atoms with Gasteiger partial charge in [-0.25, -0.2) is 4.98 Å². The fourth-order valence-electron chi connectivity index (χ4n) is 1.76. The van der Waals surface area contributed by atoms with Crippen LogP contribution in [0.1, 0.15) is 38.7 Å². The van der Waals surface area contributed by atoms with Gasteiger partial charge < -0.3 is 5.32 Å². The van der Waals surface area contributed by atoms with Crippen molar-refractivity contribution in [2.24, 2.45) is 0 Å². The van der Waals surface area contributed by atoms with Crippen LogP contribution in [0.5, 0.6) is 0 Å². The quantitative estimate of drug-likeness (QED) is 0.722. The number of pyridine rings is 1. The lowest BCUT2D eigenvalue weighted by Gasteiger charge is -2.17. The van der Waals surface area contributed by atoms with Crippen LogP contribution in [0, 0.1) is 0 Å². The molecule has 1 aromatic heterocycles. The Morgan fingerprint density at radius 1 is 1.25 bits per heavy atom. The molecule has 0 saturated heterocycles. The third-order valence-corrected chi connectivity index (χ3v) is 3.92. The highest BCUT2D eigenvalue weighted by Crippen LogP contribution is 2.29. The summed E-state index contributed by atoms with van der Waals surface area (Å²) in [7, 11) is 0. The summed E-state index contributed by atoms with van der Waals surface area (Å²) >= 11 is 1.50. The molecular formula is C14H21F3N2S. The van der Waals surface area contributed by atoms with Gasteiger partial charge in [0, 0.05) is 18.0 Å². The first-order valence-electron chi connectivity index (χ1n) is 6.86. The van der Waals surface area contributed by atoms with E-state index in [9.17, 15) is 13.2 Å². The van der Waals surface area contributed by atoms with Crippen molar-refractivity contribution in [2.75, 3.05) is 12.3 Å². The summed E-state index contributed by atoms with van der Waals surface area (Å²) in [6.45, 7) is 5.20. The molecule has 0 bridgehead atoms. The normalized spacial score (nSPS) is 13.4. The van der Waals surface area contributed by atoms with Crippen molar-refractivity contribution in [1.82, 2.24) is 10.3 Å². The van der Waals surface area contributed by atoms with Gasteiger partial charge in [0.05, 0.1) is 10.6 Å². The molecule has 0 amide bonds. The minimum atomic E-state index is -4.32. The average Bonchev–Trinajstić information content (AvgIpc) is 2.41. The number of rotatable bonds is 8. The predicted molar refractivity (Wildman–Crippen MR) is 77.0 cm³/mol. The Hall–Kier alpha value is -0.750. The maximum atomic E-state index is 12.4. The van der Waals surface area contributed by atoms with E-state index in [1.807, 2.05) is 0 Å². The van der Waals surface area contributed by atoms with Crippen LogP contribution in [0.2, 0.25) is 0 Å². The molecule has 0 radical (unpaired) electrons. The standard InChI is InChI=1S/C14H21F3N2S/c1-3-5-12(18-8-4-2)10-20-13-7-6-11(9-19-13)14(15,16)17/h6-7,9,12,18H,3-5,8,10H2,1-2H3. The molecule has 1 heterocycles. The maximum absolute atomic E-state index is 12.4. The SMILES string of the molecule is CCCNC(CCC)CSc1ccc(C(F)(F)F)cn1. The Morgan fingerprint density at radius 3 is 2.50 bits per heavy atom. The van der Waals surface area contributed by atoms with E-state index in [1.54, 1.807) is 0 Å². The number of hydrogen-bond donors (Lipinski definition) is 1. The molecule has 0 saturated carbocycles. The number of alkyl halides is 3. The number of nitrogens with one attached hydrogen (secondary N) is 1. The minimum absolute atomic E-state index is 0.383. The molecular weight excluding hydrogens is 285 g/mol. The van der Waals surface area contributed by atoms with E-state index in [2.05, 4.69) is 24.1 Å². The Morgan fingerprint density at radius 2 is 2.00 bits per heavy atom. The van der Waals surface area contributed by atoms with E-state index in [1.165, 1.54) is 17.8 Å². The van der Waals surface area contributed by atoms with Gasteiger partial charge >= 0.3 is 6.18 Å². The van der Waals surface area contributed by atoms with Crippen molar-refractivity contribution in [1.29, 1.82) is 0 Å². The van der Waals surface area contributed by atoms with Crippen molar-refractivity contribution >= 4 is 11.8 Å². The summed E-state index contributed by atoms with van der Waals surface area (Å²) in [6.07, 6.45) is -0.195. The van der Waals surface area contributed by atoms with E-state index in [0.717, 1.165) is 43.8 Å². The lowest BCUT2D eigenvalue weighted by Crippen LogP contribution is -2.31. The molecule has 0 fully saturated rings. The molecule has 0 aliphatic heterocycles. The molecule has 2 nitrogen and oxygen atoms in total. The van der Waals surface area contributed by atoms with Crippen LogP contribution in [-0.2, 0) is 6.18 Å². The van der Waals surface area contributed by atoms with Gasteiger partial charge in [0.25, 0.3) is 0 Å². The summed E-state index contributed by atoms with van der Waals surface area (Å²) < 4.78 is 37.2. The second kappa shape index (κ2) is 8.52. The smallest absolute Gasteiger partial charge is 0.313 e. The van der Waals surface area contributed by atoms with Crippen LogP contribution < -0.4 is 5.32 Å². The molecule has 0 aliphatic carbocycles.